The molecule has 2 aliphatic rings. The average molecular weight is 366 g/mol. The van der Waals surface area contributed by atoms with Gasteiger partial charge in [0.25, 0.3) is 0 Å². The minimum atomic E-state index is -0.473. The van der Waals surface area contributed by atoms with E-state index in [1.54, 1.807) is 6.07 Å². The number of hydrogen-bond acceptors (Lipinski definition) is 4. The van der Waals surface area contributed by atoms with Crippen molar-refractivity contribution in [3.8, 4) is 0 Å². The Morgan fingerprint density at radius 1 is 1.24 bits per heavy atom. The van der Waals surface area contributed by atoms with Crippen LogP contribution in [0.3, 0.4) is 0 Å². The summed E-state index contributed by atoms with van der Waals surface area (Å²) in [6.07, 6.45) is 4.66. The summed E-state index contributed by atoms with van der Waals surface area (Å²) in [6, 6.07) is 3.74. The molecule has 0 N–H and O–H groups in total. The van der Waals surface area contributed by atoms with E-state index >= 15 is 0 Å². The number of amides is 1. The van der Waals surface area contributed by atoms with Crippen LogP contribution in [0.1, 0.15) is 66.0 Å². The summed E-state index contributed by atoms with van der Waals surface area (Å²) in [5.74, 6) is 0.478. The van der Waals surface area contributed by atoms with Crippen LogP contribution in [0.25, 0.3) is 0 Å². The zero-order chi connectivity index (χ0) is 18.5. The minimum absolute atomic E-state index is 0.153. The minimum Gasteiger partial charge on any atom is -0.444 e. The molecule has 2 bridgehead atoms. The lowest BCUT2D eigenvalue weighted by atomic mass is 9.76. The van der Waals surface area contributed by atoms with Crippen LogP contribution in [0.2, 0.25) is 5.15 Å². The molecule has 138 valence electrons. The normalized spacial score (nSPS) is 31.9. The molecule has 3 heterocycles. The molecule has 0 saturated carbocycles. The Morgan fingerprint density at radius 2 is 1.84 bits per heavy atom. The lowest BCUT2D eigenvalue weighted by molar-refractivity contribution is -0.0439. The van der Waals surface area contributed by atoms with Crippen molar-refractivity contribution in [1.29, 1.82) is 0 Å². The second-order valence-corrected chi connectivity index (χ2v) is 9.52. The molecule has 6 heteroatoms. The predicted molar refractivity (Wildman–Crippen MR) is 97.6 cm³/mol. The van der Waals surface area contributed by atoms with Crippen molar-refractivity contribution in [3.63, 3.8) is 0 Å². The number of rotatable bonds is 2. The number of hydrogen-bond donors (Lipinski definition) is 0. The van der Waals surface area contributed by atoms with Crippen LogP contribution < -0.4 is 0 Å². The number of halogens is 1. The van der Waals surface area contributed by atoms with Crippen LogP contribution in [0.5, 0.6) is 0 Å². The number of aromatic nitrogens is 2. The van der Waals surface area contributed by atoms with Gasteiger partial charge in [0.2, 0.25) is 0 Å². The Kier molecular flexibility index (Phi) is 4.51. The second-order valence-electron chi connectivity index (χ2n) is 9.14. The Hall–Kier alpha value is -1.36. The van der Waals surface area contributed by atoms with E-state index in [0.717, 1.165) is 37.8 Å². The molecule has 0 aliphatic carbocycles. The van der Waals surface area contributed by atoms with Crippen LogP contribution in [-0.2, 0) is 11.2 Å². The second kappa shape index (κ2) is 6.11. The van der Waals surface area contributed by atoms with Crippen molar-refractivity contribution in [3.05, 3.63) is 23.0 Å². The van der Waals surface area contributed by atoms with E-state index in [2.05, 4.69) is 24.0 Å². The van der Waals surface area contributed by atoms with Crippen LogP contribution in [0.4, 0.5) is 4.79 Å². The first kappa shape index (κ1) is 18.4. The molecular weight excluding hydrogens is 338 g/mol. The van der Waals surface area contributed by atoms with E-state index < -0.39 is 5.60 Å². The molecule has 5 nitrogen and oxygen atoms in total. The van der Waals surface area contributed by atoms with Gasteiger partial charge in [0.05, 0.1) is 5.69 Å². The summed E-state index contributed by atoms with van der Waals surface area (Å²) in [5, 5.41) is 8.57. The summed E-state index contributed by atoms with van der Waals surface area (Å²) in [5.41, 5.74) is 0.185. The van der Waals surface area contributed by atoms with Gasteiger partial charge in [-0.25, -0.2) is 4.79 Å². The van der Waals surface area contributed by atoms with Gasteiger partial charge >= 0.3 is 6.09 Å². The number of carbonyl (C=O) groups excluding carboxylic acids is 1. The Bertz CT molecular complexity index is 638. The van der Waals surface area contributed by atoms with Gasteiger partial charge in [-0.1, -0.05) is 11.6 Å². The molecule has 0 aromatic carbocycles. The molecule has 2 aliphatic heterocycles. The number of ether oxygens (including phenoxy) is 1. The first-order chi connectivity index (χ1) is 11.5. The number of carbonyl (C=O) groups is 1. The lowest BCUT2D eigenvalue weighted by Crippen LogP contribution is -2.60. The molecule has 2 fully saturated rings. The summed E-state index contributed by atoms with van der Waals surface area (Å²) >= 11 is 5.83. The molecule has 0 spiro atoms. The van der Waals surface area contributed by atoms with Gasteiger partial charge in [0.15, 0.2) is 5.15 Å². The van der Waals surface area contributed by atoms with E-state index in [-0.39, 0.29) is 17.2 Å². The van der Waals surface area contributed by atoms with Crippen LogP contribution in [-0.4, -0.2) is 37.9 Å². The van der Waals surface area contributed by atoms with Crippen LogP contribution in [0, 0.1) is 5.92 Å². The van der Waals surface area contributed by atoms with E-state index in [9.17, 15) is 4.79 Å². The fourth-order valence-corrected chi connectivity index (χ4v) is 4.86. The summed E-state index contributed by atoms with van der Waals surface area (Å²) in [7, 11) is 0. The fraction of sp³-hybridized carbons (Fsp3) is 0.737. The highest BCUT2D eigenvalue weighted by atomic mass is 35.5. The maximum Gasteiger partial charge on any atom is 0.411 e. The zero-order valence-electron chi connectivity index (χ0n) is 15.8. The summed E-state index contributed by atoms with van der Waals surface area (Å²) in [6.45, 7) is 10.2. The third-order valence-electron chi connectivity index (χ3n) is 5.50. The quantitative estimate of drug-likeness (QED) is 0.766. The zero-order valence-corrected chi connectivity index (χ0v) is 16.6. The molecular formula is C19H28ClN3O2. The fourth-order valence-electron chi connectivity index (χ4n) is 4.76. The predicted octanol–water partition coefficient (Wildman–Crippen LogP) is 4.63. The van der Waals surface area contributed by atoms with Crippen molar-refractivity contribution in [2.45, 2.75) is 83.4 Å². The smallest absolute Gasteiger partial charge is 0.411 e. The Labute approximate surface area is 155 Å². The highest BCUT2D eigenvalue weighted by Gasteiger charge is 2.58. The average Bonchev–Trinajstić information content (AvgIpc) is 2.63. The van der Waals surface area contributed by atoms with Crippen LogP contribution in [0.15, 0.2) is 12.1 Å². The van der Waals surface area contributed by atoms with Crippen molar-refractivity contribution in [2.75, 3.05) is 0 Å². The monoisotopic (exact) mass is 365 g/mol. The highest BCUT2D eigenvalue weighted by Crippen LogP contribution is 2.53. The molecule has 1 aromatic rings. The van der Waals surface area contributed by atoms with Crippen molar-refractivity contribution >= 4 is 17.7 Å². The van der Waals surface area contributed by atoms with Gasteiger partial charge in [-0.05, 0) is 84.8 Å². The Morgan fingerprint density at radius 3 is 2.32 bits per heavy atom. The molecule has 25 heavy (non-hydrogen) atoms. The molecule has 3 rings (SSSR count). The molecule has 2 saturated heterocycles. The van der Waals surface area contributed by atoms with Crippen molar-refractivity contribution in [1.82, 2.24) is 15.1 Å². The van der Waals surface area contributed by atoms with E-state index in [1.165, 1.54) is 0 Å². The van der Waals surface area contributed by atoms with Crippen LogP contribution >= 0.6 is 11.6 Å². The molecule has 1 aromatic heterocycles. The molecule has 1 unspecified atom stereocenters. The third kappa shape index (κ3) is 3.76. The molecule has 1 amide bonds. The van der Waals surface area contributed by atoms with E-state index in [1.807, 2.05) is 31.7 Å². The van der Waals surface area contributed by atoms with Gasteiger partial charge in [-0.15, -0.1) is 5.10 Å². The summed E-state index contributed by atoms with van der Waals surface area (Å²) in [4.78, 5) is 14.9. The van der Waals surface area contributed by atoms with Gasteiger partial charge < -0.3 is 4.74 Å². The lowest BCUT2D eigenvalue weighted by Gasteiger charge is -2.51. The standard InChI is InChI=1S/C19H28ClN3O2/c1-17(2,3)25-16(24)23-18(4)8-9-19(23,5)12-13(11-18)10-14-6-7-15(20)22-21-14/h6-7,13H,8-12H2,1-5H3/t13?,18-,19+. The summed E-state index contributed by atoms with van der Waals surface area (Å²) < 4.78 is 5.71. The van der Waals surface area contributed by atoms with Gasteiger partial charge in [-0.2, -0.15) is 5.10 Å². The van der Waals surface area contributed by atoms with E-state index in [0.29, 0.717) is 11.1 Å². The van der Waals surface area contributed by atoms with Crippen molar-refractivity contribution in [2.24, 2.45) is 5.92 Å². The maximum absolute atomic E-state index is 12.9. The number of nitrogens with zero attached hydrogens (tertiary/aromatic N) is 3. The van der Waals surface area contributed by atoms with Gasteiger partial charge in [0, 0.05) is 11.1 Å². The number of piperidine rings is 1. The first-order valence-electron chi connectivity index (χ1n) is 9.02. The van der Waals surface area contributed by atoms with E-state index in [4.69, 9.17) is 16.3 Å². The topological polar surface area (TPSA) is 55.3 Å². The third-order valence-corrected chi connectivity index (χ3v) is 5.70. The Balaban J connectivity index is 1.77. The first-order valence-corrected chi connectivity index (χ1v) is 9.40. The molecule has 0 radical (unpaired) electrons. The number of fused-ring (bicyclic) bond motifs is 2. The van der Waals surface area contributed by atoms with Gasteiger partial charge in [0.1, 0.15) is 5.60 Å². The SMILES string of the molecule is CC(C)(C)OC(=O)N1[C@@]2(C)CC[C@]1(C)CC(Cc1ccc(Cl)nn1)C2. The highest BCUT2D eigenvalue weighted by molar-refractivity contribution is 6.29. The molecule has 3 atom stereocenters. The van der Waals surface area contributed by atoms with Crippen molar-refractivity contribution < 1.29 is 9.53 Å². The van der Waals surface area contributed by atoms with Gasteiger partial charge in [-0.3, -0.25) is 4.90 Å². The largest absolute Gasteiger partial charge is 0.444 e. The maximum atomic E-state index is 12.9.